The average molecular weight is 847 g/mol. The summed E-state index contributed by atoms with van der Waals surface area (Å²) in [5.41, 5.74) is 15.1. The Morgan fingerprint density at radius 3 is 1.79 bits per heavy atom. The number of rotatable bonds is 2. The van der Waals surface area contributed by atoms with Crippen molar-refractivity contribution in [1.29, 1.82) is 0 Å². The van der Waals surface area contributed by atoms with Gasteiger partial charge < -0.3 is 9.80 Å². The van der Waals surface area contributed by atoms with E-state index in [1.54, 1.807) is 0 Å². The maximum Gasteiger partial charge on any atom is 0.248 e. The summed E-state index contributed by atoms with van der Waals surface area (Å²) >= 11 is 5.78. The van der Waals surface area contributed by atoms with Crippen LogP contribution in [-0.4, -0.2) is 12.3 Å². The first-order valence-corrected chi connectivity index (χ1v) is 24.6. The molecule has 0 N–H and O–H groups in total. The topological polar surface area (TPSA) is 6.48 Å². The van der Waals surface area contributed by atoms with Gasteiger partial charge in [0.25, 0.3) is 0 Å². The Balaban J connectivity index is 1.07. The molecule has 0 amide bonds. The molecule has 8 aromatic carbocycles. The van der Waals surface area contributed by atoms with Crippen LogP contribution < -0.4 is 26.2 Å². The van der Waals surface area contributed by atoms with Crippen molar-refractivity contribution >= 4 is 146 Å². The first-order chi connectivity index (χ1) is 30.4. The Bertz CT molecular complexity index is 3800. The van der Waals surface area contributed by atoms with Gasteiger partial charge in [-0.15, -0.1) is 34.0 Å². The van der Waals surface area contributed by atoms with Crippen LogP contribution in [-0.2, 0) is 5.41 Å². The second-order valence-electron chi connectivity index (χ2n) is 18.7. The van der Waals surface area contributed by atoms with E-state index in [0.717, 1.165) is 0 Å². The van der Waals surface area contributed by atoms with E-state index in [0.29, 0.717) is 0 Å². The molecular weight excluding hydrogens is 808 g/mol. The quantitative estimate of drug-likeness (QED) is 0.160. The largest absolute Gasteiger partial charge is 0.334 e. The Kier molecular flexibility index (Phi) is 6.68. The van der Waals surface area contributed by atoms with Crippen LogP contribution in [0.2, 0.25) is 0 Å². The predicted molar refractivity (Wildman–Crippen MR) is 273 cm³/mol. The molecule has 2 atom stereocenters. The van der Waals surface area contributed by atoms with Crippen molar-refractivity contribution in [2.24, 2.45) is 0 Å². The molecule has 0 radical (unpaired) electrons. The molecule has 0 bridgehead atoms. The van der Waals surface area contributed by atoms with Gasteiger partial charge in [-0.2, -0.15) is 0 Å². The van der Waals surface area contributed by atoms with Gasteiger partial charge in [0.2, 0.25) is 6.71 Å². The molecular formula is C56H39BN2S3. The van der Waals surface area contributed by atoms with Gasteiger partial charge in [-0.3, -0.25) is 0 Å². The second kappa shape index (κ2) is 12.0. The van der Waals surface area contributed by atoms with Gasteiger partial charge >= 0.3 is 0 Å². The Labute approximate surface area is 372 Å². The fourth-order valence-electron chi connectivity index (χ4n) is 12.8. The van der Waals surface area contributed by atoms with E-state index in [2.05, 4.69) is 175 Å². The summed E-state index contributed by atoms with van der Waals surface area (Å²) in [5.74, 6) is 0. The van der Waals surface area contributed by atoms with Crippen LogP contribution >= 0.6 is 34.0 Å². The van der Waals surface area contributed by atoms with E-state index in [4.69, 9.17) is 0 Å². The van der Waals surface area contributed by atoms with Crippen molar-refractivity contribution in [2.75, 3.05) is 9.80 Å². The molecule has 6 heteroatoms. The third kappa shape index (κ3) is 4.26. The molecule has 0 saturated heterocycles. The molecule has 1 saturated carbocycles. The van der Waals surface area contributed by atoms with E-state index < -0.39 is 0 Å². The van der Waals surface area contributed by atoms with Crippen molar-refractivity contribution in [3.05, 3.63) is 157 Å². The molecule has 6 heterocycles. The summed E-state index contributed by atoms with van der Waals surface area (Å²) in [5, 5.41) is 8.12. The Morgan fingerprint density at radius 1 is 0.452 bits per heavy atom. The minimum Gasteiger partial charge on any atom is -0.334 e. The maximum atomic E-state index is 2.79. The Hall–Kier alpha value is -5.92. The number of benzene rings is 8. The van der Waals surface area contributed by atoms with Crippen LogP contribution in [0.1, 0.15) is 45.1 Å². The molecule has 294 valence electrons. The predicted octanol–water partition coefficient (Wildman–Crippen LogP) is 14.8. The average Bonchev–Trinajstić information content (AvgIpc) is 4.08. The fourth-order valence-corrected chi connectivity index (χ4v) is 16.2. The monoisotopic (exact) mass is 846 g/mol. The number of nitrogens with zero attached hydrogens (tertiary/aromatic N) is 2. The maximum absolute atomic E-state index is 2.79. The van der Waals surface area contributed by atoms with Crippen molar-refractivity contribution in [2.45, 2.75) is 50.5 Å². The SMILES string of the molecule is CC12CCCCC1(C)N(c1cc3c4c(c1)N(c1ccc5c(c1)sc1ccccc15)c1cc5sc6ccccc6c5cc1B4c1cc4c(cc1-3)sc1ccccc14)c1ccccc12. The molecule has 0 spiro atoms. The van der Waals surface area contributed by atoms with Crippen LogP contribution in [0, 0.1) is 0 Å². The van der Waals surface area contributed by atoms with Crippen molar-refractivity contribution in [3.8, 4) is 11.1 Å². The molecule has 62 heavy (non-hydrogen) atoms. The second-order valence-corrected chi connectivity index (χ2v) is 21.9. The summed E-state index contributed by atoms with van der Waals surface area (Å²) in [7, 11) is 0. The van der Waals surface area contributed by atoms with Gasteiger partial charge in [-0.1, -0.05) is 116 Å². The summed E-state index contributed by atoms with van der Waals surface area (Å²) in [6, 6.07) is 59.0. The van der Waals surface area contributed by atoms with Gasteiger partial charge in [-0.05, 0) is 119 Å². The molecule has 15 rings (SSSR count). The molecule has 3 aromatic heterocycles. The zero-order chi connectivity index (χ0) is 40.6. The number of hydrogen-bond acceptors (Lipinski definition) is 5. The van der Waals surface area contributed by atoms with Gasteiger partial charge in [0, 0.05) is 83.6 Å². The Morgan fingerprint density at radius 2 is 1.05 bits per heavy atom. The van der Waals surface area contributed by atoms with E-state index in [1.165, 1.54) is 148 Å². The number of para-hydroxylation sites is 1. The molecule has 11 aromatic rings. The number of hydrogen-bond donors (Lipinski definition) is 0. The summed E-state index contributed by atoms with van der Waals surface area (Å²) in [6.07, 6.45) is 4.92. The van der Waals surface area contributed by atoms with E-state index in [-0.39, 0.29) is 17.7 Å². The van der Waals surface area contributed by atoms with Crippen LogP contribution in [0.3, 0.4) is 0 Å². The molecule has 2 nitrogen and oxygen atoms in total. The highest BCUT2D eigenvalue weighted by molar-refractivity contribution is 7.26. The third-order valence-corrected chi connectivity index (χ3v) is 19.2. The molecule has 1 aliphatic carbocycles. The molecule has 2 unspecified atom stereocenters. The van der Waals surface area contributed by atoms with Crippen LogP contribution in [0.4, 0.5) is 28.4 Å². The normalized spacial score (nSPS) is 19.9. The first-order valence-electron chi connectivity index (χ1n) is 22.2. The summed E-state index contributed by atoms with van der Waals surface area (Å²) < 4.78 is 8.09. The fraction of sp³-hybridized carbons (Fsp3) is 0.143. The lowest BCUT2D eigenvalue weighted by Gasteiger charge is -2.50. The first kappa shape index (κ1) is 34.6. The van der Waals surface area contributed by atoms with Crippen molar-refractivity contribution < 1.29 is 0 Å². The van der Waals surface area contributed by atoms with Gasteiger partial charge in [0.15, 0.2) is 0 Å². The zero-order valence-electron chi connectivity index (χ0n) is 34.5. The van der Waals surface area contributed by atoms with Crippen LogP contribution in [0.15, 0.2) is 152 Å². The van der Waals surface area contributed by atoms with Crippen molar-refractivity contribution in [1.82, 2.24) is 0 Å². The van der Waals surface area contributed by atoms with Gasteiger partial charge in [0.05, 0.1) is 5.54 Å². The highest BCUT2D eigenvalue weighted by Crippen LogP contribution is 2.61. The summed E-state index contributed by atoms with van der Waals surface area (Å²) in [4.78, 5) is 5.46. The third-order valence-electron chi connectivity index (χ3n) is 15.8. The van der Waals surface area contributed by atoms with Crippen molar-refractivity contribution in [3.63, 3.8) is 0 Å². The minimum absolute atomic E-state index is 0.0528. The van der Waals surface area contributed by atoms with Gasteiger partial charge in [0.1, 0.15) is 0 Å². The van der Waals surface area contributed by atoms with E-state index in [1.807, 2.05) is 34.0 Å². The smallest absolute Gasteiger partial charge is 0.248 e. The van der Waals surface area contributed by atoms with Gasteiger partial charge in [-0.25, -0.2) is 0 Å². The lowest BCUT2D eigenvalue weighted by Crippen LogP contribution is -2.55. The molecule has 4 aliphatic rings. The summed E-state index contributed by atoms with van der Waals surface area (Å²) in [6.45, 7) is 5.24. The standard InChI is InChI=1S/C56H39BN2S3/c1-55-23-11-12-24-56(55,2)59(45-17-7-6-16-42(45)55)33-25-41-38-30-52-39(35-14-4-9-19-49(35)61-52)28-43(38)57-44-29-40-36-15-5-10-20-50(36)62-53(40)31-46(44)58(47(26-33)54(41)57)32-21-22-37-34-13-3-8-18-48(34)60-51(37)27-32/h3-10,13-22,25-31H,11-12,23-24H2,1-2H3. The van der Waals surface area contributed by atoms with Crippen LogP contribution in [0.5, 0.6) is 0 Å². The van der Waals surface area contributed by atoms with E-state index >= 15 is 0 Å². The lowest BCUT2D eigenvalue weighted by atomic mass is 9.37. The molecule has 1 fully saturated rings. The lowest BCUT2D eigenvalue weighted by molar-refractivity contribution is 0.195. The number of fused-ring (bicyclic) bond motifs is 17. The van der Waals surface area contributed by atoms with Crippen LogP contribution in [0.25, 0.3) is 71.6 Å². The minimum atomic E-state index is -0.0528. The molecule has 3 aliphatic heterocycles. The zero-order valence-corrected chi connectivity index (χ0v) is 36.9. The number of anilines is 5. The number of thiophene rings is 3. The highest BCUT2D eigenvalue weighted by Gasteiger charge is 2.58. The van der Waals surface area contributed by atoms with E-state index in [9.17, 15) is 0 Å². The highest BCUT2D eigenvalue weighted by atomic mass is 32.1.